The molecule has 0 N–H and O–H groups in total. The van der Waals surface area contributed by atoms with Crippen LogP contribution < -0.4 is 0 Å². The Morgan fingerprint density at radius 2 is 1.93 bits per heavy atom. The number of hydrogen-bond acceptors (Lipinski definition) is 1. The molecular weight excluding hydrogens is 205 g/mol. The van der Waals surface area contributed by atoms with Gasteiger partial charge in [0.05, 0.1) is 5.56 Å². The van der Waals surface area contributed by atoms with Crippen molar-refractivity contribution in [2.75, 3.05) is 0 Å². The molecule has 15 heavy (non-hydrogen) atoms. The third kappa shape index (κ3) is 3.13. The largest absolute Gasteiger partial charge is 0.416 e. The van der Waals surface area contributed by atoms with Gasteiger partial charge in [-0.15, -0.1) is 0 Å². The van der Waals surface area contributed by atoms with E-state index in [2.05, 4.69) is 11.8 Å². The van der Waals surface area contributed by atoms with Crippen molar-refractivity contribution in [2.45, 2.75) is 13.1 Å². The van der Waals surface area contributed by atoms with E-state index in [1.807, 2.05) is 0 Å². The second-order valence-corrected chi connectivity index (χ2v) is 2.97. The summed E-state index contributed by atoms with van der Waals surface area (Å²) in [7, 11) is 0. The summed E-state index contributed by atoms with van der Waals surface area (Å²) in [4.78, 5) is 9.95. The van der Waals surface area contributed by atoms with Crippen molar-refractivity contribution in [1.29, 1.82) is 0 Å². The summed E-state index contributed by atoms with van der Waals surface area (Å²) in [6, 6.07) is 3.45. The fourth-order valence-electron chi connectivity index (χ4n) is 1.13. The summed E-state index contributed by atoms with van der Waals surface area (Å²) < 4.78 is 37.1. The predicted molar refractivity (Wildman–Crippen MR) is 49.1 cm³/mol. The molecule has 1 aromatic carbocycles. The molecule has 0 aliphatic rings. The molecule has 78 valence electrons. The number of aldehydes is 1. The number of rotatable bonds is 0. The Bertz CT molecular complexity index is 435. The fourth-order valence-corrected chi connectivity index (χ4v) is 1.13. The van der Waals surface area contributed by atoms with Gasteiger partial charge in [-0.1, -0.05) is 5.92 Å². The molecule has 0 saturated carbocycles. The Balaban J connectivity index is 3.22. The third-order valence-electron chi connectivity index (χ3n) is 1.68. The van der Waals surface area contributed by atoms with Crippen molar-refractivity contribution in [3.05, 3.63) is 34.9 Å². The lowest BCUT2D eigenvalue weighted by Crippen LogP contribution is -2.05. The van der Waals surface area contributed by atoms with Crippen LogP contribution in [-0.2, 0) is 11.0 Å². The smallest absolute Gasteiger partial charge is 0.289 e. The van der Waals surface area contributed by atoms with E-state index in [0.29, 0.717) is 11.8 Å². The molecule has 0 aliphatic carbocycles. The summed E-state index contributed by atoms with van der Waals surface area (Å²) >= 11 is 0. The number of carbonyl (C=O) groups excluding carboxylic acids is 1. The maximum Gasteiger partial charge on any atom is 0.416 e. The first-order chi connectivity index (χ1) is 6.93. The van der Waals surface area contributed by atoms with Crippen LogP contribution in [0.15, 0.2) is 18.2 Å². The second kappa shape index (κ2) is 4.18. The van der Waals surface area contributed by atoms with E-state index in [0.717, 1.165) is 12.1 Å². The van der Waals surface area contributed by atoms with Crippen LogP contribution in [0.1, 0.15) is 16.7 Å². The first-order valence-electron chi connectivity index (χ1n) is 4.07. The average Bonchev–Trinajstić information content (AvgIpc) is 2.12. The van der Waals surface area contributed by atoms with Gasteiger partial charge in [0.1, 0.15) is 0 Å². The van der Waals surface area contributed by atoms with E-state index in [1.54, 1.807) is 6.92 Å². The number of benzene rings is 1. The van der Waals surface area contributed by atoms with Crippen LogP contribution in [0.25, 0.3) is 0 Å². The third-order valence-corrected chi connectivity index (χ3v) is 1.68. The predicted octanol–water partition coefficient (Wildman–Crippen LogP) is 2.56. The zero-order chi connectivity index (χ0) is 11.5. The van der Waals surface area contributed by atoms with E-state index in [4.69, 9.17) is 0 Å². The summed E-state index contributed by atoms with van der Waals surface area (Å²) in [5, 5.41) is 0. The molecule has 0 amide bonds. The molecule has 0 heterocycles. The minimum absolute atomic E-state index is 0.189. The van der Waals surface area contributed by atoms with Crippen LogP contribution in [-0.4, -0.2) is 6.29 Å². The Morgan fingerprint density at radius 3 is 2.47 bits per heavy atom. The van der Waals surface area contributed by atoms with Gasteiger partial charge in [0.25, 0.3) is 0 Å². The molecule has 0 atom stereocenters. The minimum atomic E-state index is -4.39. The first kappa shape index (κ1) is 11.3. The molecule has 1 nitrogen and oxygen atoms in total. The number of aryl methyl sites for hydroxylation is 1. The maximum atomic E-state index is 12.4. The van der Waals surface area contributed by atoms with Crippen LogP contribution in [0.2, 0.25) is 0 Å². The Kier molecular flexibility index (Phi) is 3.15. The number of alkyl halides is 3. The van der Waals surface area contributed by atoms with Crippen LogP contribution in [0.3, 0.4) is 0 Å². The Morgan fingerprint density at radius 1 is 1.27 bits per heavy atom. The lowest BCUT2D eigenvalue weighted by Gasteiger charge is -2.07. The Labute approximate surface area is 84.9 Å². The maximum absolute atomic E-state index is 12.4. The van der Waals surface area contributed by atoms with Gasteiger partial charge < -0.3 is 0 Å². The van der Waals surface area contributed by atoms with Gasteiger partial charge in [-0.25, -0.2) is 0 Å². The van der Waals surface area contributed by atoms with Crippen LogP contribution in [0.4, 0.5) is 13.2 Å². The van der Waals surface area contributed by atoms with Crippen molar-refractivity contribution in [3.8, 4) is 11.8 Å². The highest BCUT2D eigenvalue weighted by atomic mass is 19.4. The number of hydrogen-bond donors (Lipinski definition) is 0. The lowest BCUT2D eigenvalue weighted by atomic mass is 10.1. The van der Waals surface area contributed by atoms with Crippen LogP contribution in [0.5, 0.6) is 0 Å². The van der Waals surface area contributed by atoms with E-state index >= 15 is 0 Å². The minimum Gasteiger partial charge on any atom is -0.289 e. The summed E-state index contributed by atoms with van der Waals surface area (Å²) in [6.45, 7) is 1.54. The van der Waals surface area contributed by atoms with Crippen molar-refractivity contribution < 1.29 is 18.0 Å². The molecule has 1 rings (SSSR count). The molecule has 0 spiro atoms. The van der Waals surface area contributed by atoms with Gasteiger partial charge in [0, 0.05) is 5.56 Å². The van der Waals surface area contributed by atoms with Gasteiger partial charge >= 0.3 is 6.18 Å². The van der Waals surface area contributed by atoms with Gasteiger partial charge in [-0.05, 0) is 36.6 Å². The van der Waals surface area contributed by atoms with E-state index < -0.39 is 11.7 Å². The molecule has 0 fully saturated rings. The van der Waals surface area contributed by atoms with Crippen LogP contribution >= 0.6 is 0 Å². The summed E-state index contributed by atoms with van der Waals surface area (Å²) in [5.74, 6) is 4.40. The van der Waals surface area contributed by atoms with Gasteiger partial charge in [-0.2, -0.15) is 13.2 Å². The highest BCUT2D eigenvalue weighted by Gasteiger charge is 2.30. The standard InChI is InChI=1S/C11H7F3O/c1-8-5-9(3-2-4-15)7-10(6-8)11(12,13)14/h4-7H,1H3. The highest BCUT2D eigenvalue weighted by molar-refractivity contribution is 5.74. The quantitative estimate of drug-likeness (QED) is 0.477. The normalized spacial score (nSPS) is 10.4. The van der Waals surface area contributed by atoms with Gasteiger partial charge in [0.2, 0.25) is 0 Å². The van der Waals surface area contributed by atoms with Crippen LogP contribution in [0, 0.1) is 18.8 Å². The summed E-state index contributed by atoms with van der Waals surface area (Å²) in [6.07, 6.45) is -4.04. The second-order valence-electron chi connectivity index (χ2n) is 2.97. The van der Waals surface area contributed by atoms with E-state index in [9.17, 15) is 18.0 Å². The molecule has 0 bridgehead atoms. The topological polar surface area (TPSA) is 17.1 Å². The number of halogens is 3. The fraction of sp³-hybridized carbons (Fsp3) is 0.182. The first-order valence-corrected chi connectivity index (χ1v) is 4.07. The molecule has 0 saturated heterocycles. The van der Waals surface area contributed by atoms with E-state index in [1.165, 1.54) is 6.07 Å². The number of carbonyl (C=O) groups is 1. The molecule has 0 radical (unpaired) electrons. The molecule has 0 aliphatic heterocycles. The van der Waals surface area contributed by atoms with Crippen molar-refractivity contribution in [3.63, 3.8) is 0 Å². The molecule has 0 unspecified atom stereocenters. The zero-order valence-corrected chi connectivity index (χ0v) is 7.85. The van der Waals surface area contributed by atoms with Crippen molar-refractivity contribution in [1.82, 2.24) is 0 Å². The molecule has 1 aromatic rings. The molecule has 4 heteroatoms. The average molecular weight is 212 g/mol. The molecule has 0 aromatic heterocycles. The molecular formula is C11H7F3O. The van der Waals surface area contributed by atoms with Gasteiger partial charge in [-0.3, -0.25) is 4.79 Å². The highest BCUT2D eigenvalue weighted by Crippen LogP contribution is 2.30. The van der Waals surface area contributed by atoms with E-state index in [-0.39, 0.29) is 5.56 Å². The van der Waals surface area contributed by atoms with Crippen molar-refractivity contribution in [2.24, 2.45) is 0 Å². The van der Waals surface area contributed by atoms with Gasteiger partial charge in [0.15, 0.2) is 6.29 Å². The zero-order valence-electron chi connectivity index (χ0n) is 7.85. The monoisotopic (exact) mass is 212 g/mol. The summed E-state index contributed by atoms with van der Waals surface area (Å²) in [5.41, 5.74) is -0.104. The lowest BCUT2D eigenvalue weighted by molar-refractivity contribution is -0.137. The Hall–Kier alpha value is -1.76. The SMILES string of the molecule is Cc1cc(C#CC=O)cc(C(F)(F)F)c1. The van der Waals surface area contributed by atoms with Crippen molar-refractivity contribution >= 4 is 6.29 Å².